The number of aliphatic imine (C=N–C) groups is 1. The van der Waals surface area contributed by atoms with E-state index in [0.717, 1.165) is 49.7 Å². The average Bonchev–Trinajstić information content (AvgIpc) is 3.16. The van der Waals surface area contributed by atoms with E-state index in [9.17, 15) is 0 Å². The van der Waals surface area contributed by atoms with Crippen LogP contribution >= 0.6 is 11.8 Å². The molecule has 0 bridgehead atoms. The lowest BCUT2D eigenvalue weighted by atomic mass is 10.1. The summed E-state index contributed by atoms with van der Waals surface area (Å²) in [4.78, 5) is 4.86. The molecule has 1 aliphatic carbocycles. The van der Waals surface area contributed by atoms with Crippen molar-refractivity contribution in [3.8, 4) is 0 Å². The van der Waals surface area contributed by atoms with E-state index in [4.69, 9.17) is 9.73 Å². The molecule has 0 unspecified atom stereocenters. The SMILES string of the molecule is CCC[C@@H](CC/C=C\C=C\CC/C=C\[C@@H]1CSC([C@@H]2C[C@@H]2C)=N1)OC. The van der Waals surface area contributed by atoms with Crippen LogP contribution < -0.4 is 0 Å². The number of rotatable bonds is 12. The van der Waals surface area contributed by atoms with Gasteiger partial charge in [-0.25, -0.2) is 0 Å². The molecule has 1 fully saturated rings. The van der Waals surface area contributed by atoms with Crippen LogP contribution in [0.5, 0.6) is 0 Å². The summed E-state index contributed by atoms with van der Waals surface area (Å²) in [7, 11) is 1.82. The molecule has 3 heteroatoms. The second kappa shape index (κ2) is 11.7. The number of thioether (sulfide) groups is 1. The normalized spacial score (nSPS) is 27.6. The molecule has 0 aromatic heterocycles. The van der Waals surface area contributed by atoms with Gasteiger partial charge in [0.2, 0.25) is 0 Å². The smallest absolute Gasteiger partial charge is 0.0783 e. The van der Waals surface area contributed by atoms with Crippen molar-refractivity contribution in [3.05, 3.63) is 36.5 Å². The van der Waals surface area contributed by atoms with E-state index < -0.39 is 0 Å². The number of allylic oxidation sites excluding steroid dienone is 5. The number of hydrogen-bond acceptors (Lipinski definition) is 3. The molecule has 0 aromatic rings. The molecule has 1 saturated carbocycles. The highest BCUT2D eigenvalue weighted by Gasteiger charge is 2.39. The van der Waals surface area contributed by atoms with E-state index >= 15 is 0 Å². The van der Waals surface area contributed by atoms with E-state index in [1.54, 1.807) is 0 Å². The quantitative estimate of drug-likeness (QED) is 0.234. The van der Waals surface area contributed by atoms with E-state index in [1.165, 1.54) is 17.9 Å². The lowest BCUT2D eigenvalue weighted by molar-refractivity contribution is 0.0882. The molecule has 0 saturated heterocycles. The van der Waals surface area contributed by atoms with Crippen LogP contribution in [0.15, 0.2) is 41.4 Å². The molecule has 2 nitrogen and oxygen atoms in total. The van der Waals surface area contributed by atoms with Crippen molar-refractivity contribution in [3.63, 3.8) is 0 Å². The molecule has 2 rings (SSSR count). The Bertz CT molecular complexity index is 494. The summed E-state index contributed by atoms with van der Waals surface area (Å²) in [5.74, 6) is 2.81. The lowest BCUT2D eigenvalue weighted by Gasteiger charge is -2.12. The number of ether oxygens (including phenoxy) is 1. The van der Waals surface area contributed by atoms with Gasteiger partial charge in [0, 0.05) is 18.8 Å². The predicted molar refractivity (Wildman–Crippen MR) is 113 cm³/mol. The molecule has 25 heavy (non-hydrogen) atoms. The lowest BCUT2D eigenvalue weighted by Crippen LogP contribution is -2.08. The Hall–Kier alpha value is -0.800. The third kappa shape index (κ3) is 7.96. The maximum absolute atomic E-state index is 5.46. The predicted octanol–water partition coefficient (Wildman–Crippen LogP) is 6.20. The average molecular weight is 362 g/mol. The molecule has 0 spiro atoms. The maximum Gasteiger partial charge on any atom is 0.0783 e. The van der Waals surface area contributed by atoms with Crippen LogP contribution in [0.1, 0.15) is 58.8 Å². The first-order valence-corrected chi connectivity index (χ1v) is 10.9. The van der Waals surface area contributed by atoms with E-state index in [2.05, 4.69) is 50.3 Å². The first kappa shape index (κ1) is 20.5. The Kier molecular flexibility index (Phi) is 9.64. The van der Waals surface area contributed by atoms with E-state index in [0.29, 0.717) is 12.1 Å². The van der Waals surface area contributed by atoms with Crippen LogP contribution in [0.25, 0.3) is 0 Å². The van der Waals surface area contributed by atoms with Gasteiger partial charge in [0.1, 0.15) is 0 Å². The Morgan fingerprint density at radius 2 is 1.88 bits per heavy atom. The molecule has 2 aliphatic rings. The van der Waals surface area contributed by atoms with Gasteiger partial charge in [-0.05, 0) is 44.4 Å². The zero-order chi connectivity index (χ0) is 17.9. The summed E-state index contributed by atoms with van der Waals surface area (Å²) < 4.78 is 5.46. The first-order chi connectivity index (χ1) is 12.2. The minimum atomic E-state index is 0.420. The fourth-order valence-corrected chi connectivity index (χ4v) is 4.44. The van der Waals surface area contributed by atoms with Crippen LogP contribution in [-0.4, -0.2) is 30.1 Å². The molecule has 0 aromatic carbocycles. The molecular weight excluding hydrogens is 326 g/mol. The topological polar surface area (TPSA) is 21.6 Å². The molecular formula is C22H35NOS. The standard InChI is InChI=1S/C22H35NOS/c1-4-13-20(24-3)15-12-10-8-6-5-7-9-11-14-19-17-25-22(23-19)21-16-18(21)2/h5-6,8,10-11,14,18-21H,4,7,9,12-13,15-17H2,1-3H3/b6-5+,10-8-,14-11-/t18-,19+,20-,21+/m0/s1. The highest BCUT2D eigenvalue weighted by molar-refractivity contribution is 8.14. The second-order valence-corrected chi connectivity index (χ2v) is 8.29. The molecule has 140 valence electrons. The summed E-state index contributed by atoms with van der Waals surface area (Å²) in [6.45, 7) is 4.54. The summed E-state index contributed by atoms with van der Waals surface area (Å²) in [6.07, 6.45) is 22.0. The molecule has 0 radical (unpaired) electrons. The van der Waals surface area contributed by atoms with Crippen molar-refractivity contribution in [2.45, 2.75) is 70.9 Å². The van der Waals surface area contributed by atoms with Gasteiger partial charge in [-0.2, -0.15) is 0 Å². The Morgan fingerprint density at radius 1 is 1.16 bits per heavy atom. The van der Waals surface area contributed by atoms with Crippen LogP contribution in [0.3, 0.4) is 0 Å². The first-order valence-electron chi connectivity index (χ1n) is 9.96. The maximum atomic E-state index is 5.46. The Balaban J connectivity index is 1.51. The highest BCUT2D eigenvalue weighted by atomic mass is 32.2. The van der Waals surface area contributed by atoms with Crippen molar-refractivity contribution < 1.29 is 4.74 Å². The molecule has 0 N–H and O–H groups in total. The number of unbranched alkanes of at least 4 members (excludes halogenated alkanes) is 1. The third-order valence-electron chi connectivity index (χ3n) is 4.96. The van der Waals surface area contributed by atoms with Crippen molar-refractivity contribution in [1.29, 1.82) is 0 Å². The van der Waals surface area contributed by atoms with Crippen molar-refractivity contribution in [1.82, 2.24) is 0 Å². The molecule has 1 aliphatic heterocycles. The van der Waals surface area contributed by atoms with Crippen LogP contribution in [-0.2, 0) is 4.74 Å². The van der Waals surface area contributed by atoms with Gasteiger partial charge in [0.25, 0.3) is 0 Å². The van der Waals surface area contributed by atoms with Gasteiger partial charge in [-0.3, -0.25) is 4.99 Å². The molecule has 0 amide bonds. The molecule has 1 heterocycles. The van der Waals surface area contributed by atoms with Gasteiger partial charge in [-0.15, -0.1) is 11.8 Å². The van der Waals surface area contributed by atoms with Crippen molar-refractivity contribution in [2.75, 3.05) is 12.9 Å². The van der Waals surface area contributed by atoms with Gasteiger partial charge in [-0.1, -0.05) is 56.7 Å². The van der Waals surface area contributed by atoms with Crippen molar-refractivity contribution >= 4 is 16.8 Å². The number of methoxy groups -OCH3 is 1. The Labute approximate surface area is 158 Å². The summed E-state index contributed by atoms with van der Waals surface area (Å²) >= 11 is 1.98. The van der Waals surface area contributed by atoms with E-state index in [1.807, 2.05) is 18.9 Å². The zero-order valence-corrected chi connectivity index (χ0v) is 17.0. The van der Waals surface area contributed by atoms with Crippen LogP contribution in [0, 0.1) is 11.8 Å². The number of nitrogens with zero attached hydrogens (tertiary/aromatic N) is 1. The largest absolute Gasteiger partial charge is 0.381 e. The third-order valence-corrected chi connectivity index (χ3v) is 6.17. The van der Waals surface area contributed by atoms with Gasteiger partial charge >= 0.3 is 0 Å². The van der Waals surface area contributed by atoms with Crippen molar-refractivity contribution in [2.24, 2.45) is 16.8 Å². The monoisotopic (exact) mass is 361 g/mol. The zero-order valence-electron chi connectivity index (χ0n) is 16.2. The van der Waals surface area contributed by atoms with Gasteiger partial charge in [0.05, 0.1) is 17.2 Å². The summed E-state index contributed by atoms with van der Waals surface area (Å²) in [6, 6.07) is 0.425. The highest BCUT2D eigenvalue weighted by Crippen LogP contribution is 2.44. The van der Waals surface area contributed by atoms with Crippen LogP contribution in [0.2, 0.25) is 0 Å². The Morgan fingerprint density at radius 3 is 2.56 bits per heavy atom. The van der Waals surface area contributed by atoms with Gasteiger partial charge < -0.3 is 4.74 Å². The minimum absolute atomic E-state index is 0.420. The summed E-state index contributed by atoms with van der Waals surface area (Å²) in [5.41, 5.74) is 0. The molecule has 4 atom stereocenters. The summed E-state index contributed by atoms with van der Waals surface area (Å²) in [5, 5.41) is 1.42. The van der Waals surface area contributed by atoms with E-state index in [-0.39, 0.29) is 0 Å². The fraction of sp³-hybridized carbons (Fsp3) is 0.682. The van der Waals surface area contributed by atoms with Crippen LogP contribution in [0.4, 0.5) is 0 Å². The fourth-order valence-electron chi connectivity index (χ4n) is 3.16. The van der Waals surface area contributed by atoms with Gasteiger partial charge in [0.15, 0.2) is 0 Å². The number of hydrogen-bond donors (Lipinski definition) is 0. The minimum Gasteiger partial charge on any atom is -0.381 e. The second-order valence-electron chi connectivity index (χ2n) is 7.25.